The van der Waals surface area contributed by atoms with E-state index in [-0.39, 0.29) is 5.91 Å². The lowest BCUT2D eigenvalue weighted by molar-refractivity contribution is -0.114. The molecule has 0 aliphatic heterocycles. The molecule has 0 bridgehead atoms. The summed E-state index contributed by atoms with van der Waals surface area (Å²) in [6, 6.07) is 7.96. The fraction of sp³-hybridized carbons (Fsp3) is 0.188. The van der Waals surface area contributed by atoms with Crippen LogP contribution >= 0.6 is 0 Å². The van der Waals surface area contributed by atoms with E-state index in [1.807, 2.05) is 0 Å². The molecule has 0 saturated heterocycles. The molecule has 2 aromatic rings. The van der Waals surface area contributed by atoms with Gasteiger partial charge in [0.25, 0.3) is 11.8 Å². The summed E-state index contributed by atoms with van der Waals surface area (Å²) in [5.74, 6) is -0.111. The molecule has 2 rings (SSSR count). The quantitative estimate of drug-likeness (QED) is 0.753. The summed E-state index contributed by atoms with van der Waals surface area (Å²) in [4.78, 5) is 35.1. The molecule has 0 spiro atoms. The topological polar surface area (TPSA) is 100 Å². The van der Waals surface area contributed by atoms with Crippen LogP contribution < -0.4 is 16.2 Å². The second kappa shape index (κ2) is 6.78. The molecule has 3 N–H and O–H groups in total. The van der Waals surface area contributed by atoms with Gasteiger partial charge in [0.15, 0.2) is 0 Å². The highest BCUT2D eigenvalue weighted by Gasteiger charge is 2.14. The predicted octanol–water partition coefficient (Wildman–Crippen LogP) is 1.93. The first-order valence-corrected chi connectivity index (χ1v) is 6.92. The van der Waals surface area contributed by atoms with Crippen molar-refractivity contribution in [3.63, 3.8) is 0 Å². The van der Waals surface area contributed by atoms with Gasteiger partial charge in [0, 0.05) is 18.2 Å². The van der Waals surface area contributed by atoms with Crippen molar-refractivity contribution in [2.75, 3.05) is 5.32 Å². The minimum Gasteiger partial charge on any atom is -0.466 e. The monoisotopic (exact) mass is 315 g/mol. The highest BCUT2D eigenvalue weighted by molar-refractivity contribution is 6.00. The molecule has 3 amide bonds. The molecule has 7 heteroatoms. The molecule has 0 radical (unpaired) electrons. The van der Waals surface area contributed by atoms with Gasteiger partial charge in [0.2, 0.25) is 5.91 Å². The molecule has 0 aliphatic rings. The number of hydrogen-bond donors (Lipinski definition) is 3. The average molecular weight is 315 g/mol. The second-order valence-electron chi connectivity index (χ2n) is 5.00. The molecule has 0 fully saturated rings. The number of carbonyl (C=O) groups excluding carboxylic acids is 3. The van der Waals surface area contributed by atoms with Crippen molar-refractivity contribution >= 4 is 23.4 Å². The first kappa shape index (κ1) is 16.3. The van der Waals surface area contributed by atoms with Crippen LogP contribution in [-0.4, -0.2) is 17.7 Å². The van der Waals surface area contributed by atoms with E-state index in [0.29, 0.717) is 28.3 Å². The summed E-state index contributed by atoms with van der Waals surface area (Å²) in [7, 11) is 0. The Labute approximate surface area is 133 Å². The molecule has 1 aromatic carbocycles. The molecule has 23 heavy (non-hydrogen) atoms. The maximum absolute atomic E-state index is 12.0. The van der Waals surface area contributed by atoms with E-state index in [4.69, 9.17) is 4.42 Å². The third-order valence-electron chi connectivity index (χ3n) is 3.02. The van der Waals surface area contributed by atoms with Gasteiger partial charge in [-0.1, -0.05) is 6.07 Å². The van der Waals surface area contributed by atoms with E-state index in [2.05, 4.69) is 16.2 Å². The first-order chi connectivity index (χ1) is 10.9. The van der Waals surface area contributed by atoms with Gasteiger partial charge in [-0.05, 0) is 38.1 Å². The van der Waals surface area contributed by atoms with Gasteiger partial charge in [0.05, 0.1) is 5.56 Å². The number of anilines is 1. The van der Waals surface area contributed by atoms with Crippen LogP contribution in [0.5, 0.6) is 0 Å². The highest BCUT2D eigenvalue weighted by Crippen LogP contribution is 2.13. The SMILES string of the molecule is CC(=O)Nc1cccc(C(=O)NNC(=O)c2cc(C)oc2C)c1. The van der Waals surface area contributed by atoms with Gasteiger partial charge in [-0.25, -0.2) is 0 Å². The summed E-state index contributed by atoms with van der Waals surface area (Å²) >= 11 is 0. The Balaban J connectivity index is 2.01. The lowest BCUT2D eigenvalue weighted by atomic mass is 10.2. The maximum Gasteiger partial charge on any atom is 0.273 e. The number of hydrogen-bond acceptors (Lipinski definition) is 4. The molecule has 0 unspecified atom stereocenters. The molecule has 1 aromatic heterocycles. The minimum absolute atomic E-state index is 0.235. The zero-order valence-electron chi connectivity index (χ0n) is 13.0. The summed E-state index contributed by atoms with van der Waals surface area (Å²) in [5, 5.41) is 2.58. The smallest absolute Gasteiger partial charge is 0.273 e. The van der Waals surface area contributed by atoms with Crippen molar-refractivity contribution in [1.82, 2.24) is 10.9 Å². The van der Waals surface area contributed by atoms with Gasteiger partial charge in [-0.2, -0.15) is 0 Å². The number of aryl methyl sites for hydroxylation is 2. The molecular weight excluding hydrogens is 298 g/mol. The van der Waals surface area contributed by atoms with Gasteiger partial charge in [0.1, 0.15) is 11.5 Å². The number of furan rings is 1. The van der Waals surface area contributed by atoms with Crippen LogP contribution in [0.15, 0.2) is 34.7 Å². The van der Waals surface area contributed by atoms with Crippen molar-refractivity contribution in [1.29, 1.82) is 0 Å². The van der Waals surface area contributed by atoms with Crippen LogP contribution in [0.2, 0.25) is 0 Å². The predicted molar refractivity (Wildman–Crippen MR) is 83.9 cm³/mol. The van der Waals surface area contributed by atoms with E-state index >= 15 is 0 Å². The normalized spacial score (nSPS) is 10.0. The highest BCUT2D eigenvalue weighted by atomic mass is 16.3. The van der Waals surface area contributed by atoms with Crippen LogP contribution in [0.4, 0.5) is 5.69 Å². The number of amides is 3. The third-order valence-corrected chi connectivity index (χ3v) is 3.02. The van der Waals surface area contributed by atoms with E-state index in [0.717, 1.165) is 0 Å². The van der Waals surface area contributed by atoms with Crippen molar-refractivity contribution in [3.8, 4) is 0 Å². The Morgan fingerprint density at radius 2 is 1.70 bits per heavy atom. The maximum atomic E-state index is 12.0. The van der Waals surface area contributed by atoms with Crippen molar-refractivity contribution < 1.29 is 18.8 Å². The van der Waals surface area contributed by atoms with Crippen LogP contribution in [0.3, 0.4) is 0 Å². The number of hydrazine groups is 1. The Hall–Kier alpha value is -3.09. The van der Waals surface area contributed by atoms with E-state index in [1.165, 1.54) is 13.0 Å². The second-order valence-corrected chi connectivity index (χ2v) is 5.00. The number of carbonyl (C=O) groups is 3. The Morgan fingerprint density at radius 3 is 2.30 bits per heavy atom. The van der Waals surface area contributed by atoms with E-state index in [1.54, 1.807) is 38.1 Å². The molecule has 120 valence electrons. The van der Waals surface area contributed by atoms with Crippen molar-refractivity contribution in [3.05, 3.63) is 53.0 Å². The first-order valence-electron chi connectivity index (χ1n) is 6.92. The number of rotatable bonds is 3. The molecule has 7 nitrogen and oxygen atoms in total. The molecule has 0 aliphatic carbocycles. The van der Waals surface area contributed by atoms with Gasteiger partial charge in [-0.3, -0.25) is 25.2 Å². The van der Waals surface area contributed by atoms with Crippen molar-refractivity contribution in [2.45, 2.75) is 20.8 Å². The zero-order chi connectivity index (χ0) is 17.0. The summed E-state index contributed by atoms with van der Waals surface area (Å²) in [5.41, 5.74) is 5.80. The molecular formula is C16H17N3O4. The van der Waals surface area contributed by atoms with Crippen molar-refractivity contribution in [2.24, 2.45) is 0 Å². The number of nitrogens with one attached hydrogen (secondary N) is 3. The van der Waals surface area contributed by atoms with Crippen LogP contribution in [0.25, 0.3) is 0 Å². The van der Waals surface area contributed by atoms with Crippen LogP contribution in [0, 0.1) is 13.8 Å². The minimum atomic E-state index is -0.497. The lowest BCUT2D eigenvalue weighted by Crippen LogP contribution is -2.41. The standard InChI is InChI=1S/C16H17N3O4/c1-9-7-14(10(2)23-9)16(22)19-18-15(21)12-5-4-6-13(8-12)17-11(3)20/h4-8H,1-3H3,(H,17,20)(H,18,21)(H,19,22). The Morgan fingerprint density at radius 1 is 1.00 bits per heavy atom. The van der Waals surface area contributed by atoms with Gasteiger partial charge >= 0.3 is 0 Å². The lowest BCUT2D eigenvalue weighted by Gasteiger charge is -2.08. The Bertz CT molecular complexity index is 764. The zero-order valence-corrected chi connectivity index (χ0v) is 13.0. The van der Waals surface area contributed by atoms with Crippen LogP contribution in [0.1, 0.15) is 39.2 Å². The average Bonchev–Trinajstić information content (AvgIpc) is 2.83. The summed E-state index contributed by atoms with van der Waals surface area (Å²) < 4.78 is 5.27. The Kier molecular flexibility index (Phi) is 4.80. The molecule has 1 heterocycles. The largest absolute Gasteiger partial charge is 0.466 e. The van der Waals surface area contributed by atoms with E-state index < -0.39 is 11.8 Å². The van der Waals surface area contributed by atoms with Crippen LogP contribution in [-0.2, 0) is 4.79 Å². The fourth-order valence-electron chi connectivity index (χ4n) is 2.05. The third kappa shape index (κ3) is 4.19. The summed E-state index contributed by atoms with van der Waals surface area (Å²) in [6.07, 6.45) is 0. The van der Waals surface area contributed by atoms with Gasteiger partial charge < -0.3 is 9.73 Å². The molecule has 0 atom stereocenters. The van der Waals surface area contributed by atoms with E-state index in [9.17, 15) is 14.4 Å². The fourth-order valence-corrected chi connectivity index (χ4v) is 2.05. The van der Waals surface area contributed by atoms with Gasteiger partial charge in [-0.15, -0.1) is 0 Å². The number of benzene rings is 1. The summed E-state index contributed by atoms with van der Waals surface area (Å²) in [6.45, 7) is 4.78. The molecule has 0 saturated carbocycles.